The second-order valence-corrected chi connectivity index (χ2v) is 6.84. The number of hydrogen-bond donors (Lipinski definition) is 0. The average Bonchev–Trinajstić information content (AvgIpc) is 2.42. The molecule has 0 aromatic carbocycles. The van der Waals surface area contributed by atoms with Crippen LogP contribution >= 0.6 is 11.6 Å². The van der Waals surface area contributed by atoms with E-state index < -0.39 is 5.60 Å². The minimum atomic E-state index is -0.637. The number of methoxy groups -OCH3 is 1. The summed E-state index contributed by atoms with van der Waals surface area (Å²) in [7, 11) is 1.64. The summed E-state index contributed by atoms with van der Waals surface area (Å²) in [5.41, 5.74) is 0.492. The number of halogens is 1. The van der Waals surface area contributed by atoms with Crippen LogP contribution in [-0.2, 0) is 16.0 Å². The fourth-order valence-corrected chi connectivity index (χ4v) is 2.99. The maximum atomic E-state index is 12.7. The molecule has 20 heavy (non-hydrogen) atoms. The Morgan fingerprint density at radius 2 is 2.00 bits per heavy atom. The fourth-order valence-electron chi connectivity index (χ4n) is 2.81. The molecule has 0 atom stereocenters. The van der Waals surface area contributed by atoms with Crippen LogP contribution in [0.1, 0.15) is 45.1 Å². The van der Waals surface area contributed by atoms with Crippen LogP contribution in [0.25, 0.3) is 0 Å². The number of Topliss-reactive ketones (excluding diaryl/α,β-unsaturated/α-hetero) is 1. The van der Waals surface area contributed by atoms with Crippen molar-refractivity contribution in [1.82, 2.24) is 4.98 Å². The summed E-state index contributed by atoms with van der Waals surface area (Å²) < 4.78 is 5.64. The topological polar surface area (TPSA) is 39.2 Å². The zero-order chi connectivity index (χ0) is 14.8. The first-order valence-corrected chi connectivity index (χ1v) is 7.43. The van der Waals surface area contributed by atoms with Crippen LogP contribution in [0.3, 0.4) is 0 Å². The minimum absolute atomic E-state index is 0.128. The van der Waals surface area contributed by atoms with Crippen molar-refractivity contribution in [2.45, 2.75) is 51.6 Å². The molecule has 1 aliphatic carbocycles. The first kappa shape index (κ1) is 15.5. The highest BCUT2D eigenvalue weighted by atomic mass is 35.5. The number of nitrogens with zero attached hydrogens (tertiary/aromatic N) is 1. The van der Waals surface area contributed by atoms with Crippen LogP contribution in [0.15, 0.2) is 18.5 Å². The molecular weight excluding hydrogens is 274 g/mol. The number of aromatic nitrogens is 1. The van der Waals surface area contributed by atoms with Crippen molar-refractivity contribution in [3.8, 4) is 0 Å². The molecule has 1 fully saturated rings. The van der Waals surface area contributed by atoms with Gasteiger partial charge in [-0.1, -0.05) is 25.4 Å². The van der Waals surface area contributed by atoms with Crippen molar-refractivity contribution in [2.75, 3.05) is 7.11 Å². The van der Waals surface area contributed by atoms with Gasteiger partial charge in [0.05, 0.1) is 5.02 Å². The van der Waals surface area contributed by atoms with Crippen LogP contribution < -0.4 is 0 Å². The Balaban J connectivity index is 2.13. The maximum Gasteiger partial charge on any atom is 0.169 e. The Labute approximate surface area is 125 Å². The van der Waals surface area contributed by atoms with Crippen LogP contribution in [0.4, 0.5) is 0 Å². The van der Waals surface area contributed by atoms with Gasteiger partial charge < -0.3 is 4.74 Å². The van der Waals surface area contributed by atoms with Crippen molar-refractivity contribution in [3.63, 3.8) is 0 Å². The third-order valence-electron chi connectivity index (χ3n) is 4.52. The summed E-state index contributed by atoms with van der Waals surface area (Å²) in [6.07, 6.45) is 7.16. The van der Waals surface area contributed by atoms with E-state index >= 15 is 0 Å². The van der Waals surface area contributed by atoms with Gasteiger partial charge in [-0.25, -0.2) is 0 Å². The number of ether oxygens (including phenoxy) is 1. The molecule has 110 valence electrons. The average molecular weight is 296 g/mol. The molecule has 0 unspecified atom stereocenters. The van der Waals surface area contributed by atoms with E-state index in [9.17, 15) is 4.79 Å². The summed E-state index contributed by atoms with van der Waals surface area (Å²) in [4.78, 5) is 16.6. The van der Waals surface area contributed by atoms with Crippen LogP contribution in [0.5, 0.6) is 0 Å². The van der Waals surface area contributed by atoms with E-state index in [1.165, 1.54) is 0 Å². The van der Waals surface area contributed by atoms with Crippen molar-refractivity contribution in [2.24, 2.45) is 5.41 Å². The lowest BCUT2D eigenvalue weighted by molar-refractivity contribution is -0.147. The molecule has 0 amide bonds. The van der Waals surface area contributed by atoms with Crippen molar-refractivity contribution >= 4 is 17.4 Å². The largest absolute Gasteiger partial charge is 0.370 e. The number of hydrogen-bond acceptors (Lipinski definition) is 3. The molecule has 0 spiro atoms. The predicted molar refractivity (Wildman–Crippen MR) is 79.9 cm³/mol. The predicted octanol–water partition coefficient (Wildman–Crippen LogP) is 3.83. The zero-order valence-corrected chi connectivity index (χ0v) is 13.2. The molecule has 0 aliphatic heterocycles. The third-order valence-corrected chi connectivity index (χ3v) is 4.86. The second-order valence-electron chi connectivity index (χ2n) is 6.43. The van der Waals surface area contributed by atoms with Gasteiger partial charge in [0.2, 0.25) is 0 Å². The molecule has 0 radical (unpaired) electrons. The normalized spacial score (nSPS) is 20.6. The van der Waals surface area contributed by atoms with Gasteiger partial charge >= 0.3 is 0 Å². The quantitative estimate of drug-likeness (QED) is 0.847. The molecule has 1 heterocycles. The smallest absolute Gasteiger partial charge is 0.169 e. The highest BCUT2D eigenvalue weighted by Gasteiger charge is 2.43. The van der Waals surface area contributed by atoms with E-state index in [0.29, 0.717) is 16.9 Å². The molecule has 0 N–H and O–H groups in total. The van der Waals surface area contributed by atoms with Gasteiger partial charge in [-0.3, -0.25) is 9.78 Å². The van der Waals surface area contributed by atoms with Crippen LogP contribution in [-0.4, -0.2) is 23.5 Å². The van der Waals surface area contributed by atoms with E-state index in [2.05, 4.69) is 18.8 Å². The molecule has 2 rings (SSSR count). The minimum Gasteiger partial charge on any atom is -0.370 e. The molecular formula is C16H22ClNO2. The molecule has 4 heteroatoms. The van der Waals surface area contributed by atoms with E-state index in [4.69, 9.17) is 16.3 Å². The van der Waals surface area contributed by atoms with Gasteiger partial charge in [0, 0.05) is 25.9 Å². The first-order chi connectivity index (χ1) is 9.38. The molecule has 0 saturated heterocycles. The molecule has 1 aromatic rings. The lowest BCUT2D eigenvalue weighted by atomic mass is 9.69. The highest BCUT2D eigenvalue weighted by molar-refractivity contribution is 6.31. The summed E-state index contributed by atoms with van der Waals surface area (Å²) in [6, 6.07) is 1.80. The van der Waals surface area contributed by atoms with Crippen molar-refractivity contribution < 1.29 is 9.53 Å². The van der Waals surface area contributed by atoms with Gasteiger partial charge in [-0.15, -0.1) is 0 Å². The number of rotatable bonds is 4. The molecule has 1 aromatic heterocycles. The molecule has 1 aliphatic rings. The maximum absolute atomic E-state index is 12.7. The van der Waals surface area contributed by atoms with E-state index in [1.807, 2.05) is 0 Å². The highest BCUT2D eigenvalue weighted by Crippen LogP contribution is 2.42. The Bertz CT molecular complexity index is 489. The summed E-state index contributed by atoms with van der Waals surface area (Å²) in [5, 5.41) is 0.545. The monoisotopic (exact) mass is 295 g/mol. The molecule has 1 saturated carbocycles. The fraction of sp³-hybridized carbons (Fsp3) is 0.625. The van der Waals surface area contributed by atoms with Gasteiger partial charge in [0.1, 0.15) is 5.60 Å². The number of carbonyl (C=O) groups is 1. The zero-order valence-electron chi connectivity index (χ0n) is 12.4. The number of ketones is 1. The number of pyridine rings is 1. The Morgan fingerprint density at radius 3 is 2.55 bits per heavy atom. The third kappa shape index (κ3) is 3.21. The molecule has 0 bridgehead atoms. The second kappa shape index (κ2) is 5.82. The number of carbonyl (C=O) groups excluding carboxylic acids is 1. The van der Waals surface area contributed by atoms with E-state index in [-0.39, 0.29) is 5.78 Å². The van der Waals surface area contributed by atoms with Crippen LogP contribution in [0, 0.1) is 5.41 Å². The molecule has 3 nitrogen and oxygen atoms in total. The Morgan fingerprint density at radius 1 is 1.35 bits per heavy atom. The summed E-state index contributed by atoms with van der Waals surface area (Å²) in [5.74, 6) is 0.128. The van der Waals surface area contributed by atoms with Crippen molar-refractivity contribution in [3.05, 3.63) is 29.0 Å². The van der Waals surface area contributed by atoms with Crippen LogP contribution in [0.2, 0.25) is 5.02 Å². The van der Waals surface area contributed by atoms with Gasteiger partial charge in [-0.05, 0) is 42.7 Å². The first-order valence-electron chi connectivity index (χ1n) is 7.05. The Kier molecular flexibility index (Phi) is 4.50. The summed E-state index contributed by atoms with van der Waals surface area (Å²) >= 11 is 6.09. The SMILES string of the molecule is COC1(C(=O)Cc2ccncc2Cl)CCC(C)(C)CC1. The van der Waals surface area contributed by atoms with E-state index in [1.54, 1.807) is 25.6 Å². The van der Waals surface area contributed by atoms with Gasteiger partial charge in [-0.2, -0.15) is 0 Å². The lowest BCUT2D eigenvalue weighted by Gasteiger charge is -2.41. The standard InChI is InChI=1S/C16H22ClNO2/c1-15(2)5-7-16(20-3,8-6-15)14(19)10-12-4-9-18-11-13(12)17/h4,9,11H,5-8,10H2,1-3H3. The van der Waals surface area contributed by atoms with Gasteiger partial charge in [0.15, 0.2) is 5.78 Å². The Hall–Kier alpha value is -0.930. The van der Waals surface area contributed by atoms with Crippen molar-refractivity contribution in [1.29, 1.82) is 0 Å². The lowest BCUT2D eigenvalue weighted by Crippen LogP contribution is -2.46. The van der Waals surface area contributed by atoms with Gasteiger partial charge in [0.25, 0.3) is 0 Å². The summed E-state index contributed by atoms with van der Waals surface area (Å²) in [6.45, 7) is 4.49. The van der Waals surface area contributed by atoms with E-state index in [0.717, 1.165) is 31.2 Å².